The Labute approximate surface area is 213 Å². The summed E-state index contributed by atoms with van der Waals surface area (Å²) in [4.78, 5) is 28.7. The smallest absolute Gasteiger partial charge is 0.421 e. The number of hydrogen-bond acceptors (Lipinski definition) is 8. The maximum absolute atomic E-state index is 14.5. The highest BCUT2D eigenvalue weighted by atomic mass is 16.6. The number of fused-ring (bicyclic) bond motifs is 2. The van der Waals surface area contributed by atoms with Crippen molar-refractivity contribution in [2.24, 2.45) is 5.41 Å². The zero-order valence-electron chi connectivity index (χ0n) is 20.5. The van der Waals surface area contributed by atoms with Gasteiger partial charge >= 0.3 is 6.09 Å². The van der Waals surface area contributed by atoms with Gasteiger partial charge in [-0.1, -0.05) is 48.5 Å². The number of nitrogens with zero attached hydrogens (tertiary/aromatic N) is 4. The molecule has 3 atom stereocenters. The molecule has 5 rings (SSSR count). The molecule has 186 valence electrons. The van der Waals surface area contributed by atoms with Gasteiger partial charge in [-0.25, -0.2) is 9.69 Å². The molecule has 2 amide bonds. The Hall–Kier alpha value is -4.44. The first-order valence-corrected chi connectivity index (χ1v) is 11.7. The van der Waals surface area contributed by atoms with Crippen LogP contribution < -0.4 is 4.90 Å². The molecular weight excluding hydrogens is 472 g/mol. The number of carbonyl (C=O) groups is 2. The normalized spacial score (nSPS) is 24.5. The van der Waals surface area contributed by atoms with E-state index in [0.29, 0.717) is 5.56 Å². The van der Waals surface area contributed by atoms with Crippen LogP contribution in [0.1, 0.15) is 49.6 Å². The van der Waals surface area contributed by atoms with Crippen LogP contribution in [0.4, 0.5) is 10.5 Å². The van der Waals surface area contributed by atoms with E-state index in [0.717, 1.165) is 9.96 Å². The maximum atomic E-state index is 14.5. The van der Waals surface area contributed by atoms with Gasteiger partial charge in [0.1, 0.15) is 11.4 Å². The van der Waals surface area contributed by atoms with Crippen molar-refractivity contribution in [2.45, 2.75) is 43.9 Å². The largest absolute Gasteiger partial charge is 0.469 e. The minimum Gasteiger partial charge on any atom is -0.469 e. The molecule has 1 N–H and O–H groups in total. The Morgan fingerprint density at radius 3 is 2.27 bits per heavy atom. The summed E-state index contributed by atoms with van der Waals surface area (Å²) in [7, 11) is 0. The Morgan fingerprint density at radius 1 is 1.03 bits per heavy atom. The lowest BCUT2D eigenvalue weighted by Crippen LogP contribution is -2.53. The lowest BCUT2D eigenvalue weighted by molar-refractivity contribution is -0.189. The molecule has 2 aliphatic rings. The second kappa shape index (κ2) is 8.31. The van der Waals surface area contributed by atoms with Crippen LogP contribution >= 0.6 is 0 Å². The fraction of sp³-hybridized carbons (Fsp3) is 0.286. The van der Waals surface area contributed by atoms with Crippen molar-refractivity contribution in [2.75, 3.05) is 4.90 Å². The molecule has 1 fully saturated rings. The van der Waals surface area contributed by atoms with E-state index < -0.39 is 40.5 Å². The van der Waals surface area contributed by atoms with E-state index in [4.69, 9.17) is 9.15 Å². The van der Waals surface area contributed by atoms with Crippen molar-refractivity contribution < 1.29 is 24.0 Å². The van der Waals surface area contributed by atoms with Crippen molar-refractivity contribution in [3.63, 3.8) is 0 Å². The average molecular weight is 497 g/mol. The Morgan fingerprint density at radius 2 is 1.68 bits per heavy atom. The van der Waals surface area contributed by atoms with Crippen LogP contribution in [-0.2, 0) is 15.1 Å². The molecule has 1 saturated heterocycles. The summed E-state index contributed by atoms with van der Waals surface area (Å²) < 4.78 is 11.2. The molecular formula is C28H24N4O5. The molecule has 9 heteroatoms. The van der Waals surface area contributed by atoms with Gasteiger partial charge in [-0.3, -0.25) is 4.79 Å². The van der Waals surface area contributed by atoms with Crippen LogP contribution in [0, 0.1) is 28.1 Å². The average Bonchev–Trinajstić information content (AvgIpc) is 3.53. The van der Waals surface area contributed by atoms with Crippen molar-refractivity contribution in [3.8, 4) is 12.1 Å². The molecule has 37 heavy (non-hydrogen) atoms. The van der Waals surface area contributed by atoms with Crippen LogP contribution in [0.25, 0.3) is 0 Å². The van der Waals surface area contributed by atoms with Gasteiger partial charge in [-0.2, -0.15) is 15.6 Å². The number of imide groups is 1. The third kappa shape index (κ3) is 3.22. The number of furan rings is 1. The number of anilines is 1. The molecule has 2 aromatic carbocycles. The van der Waals surface area contributed by atoms with E-state index in [1.54, 1.807) is 87.5 Å². The number of hydrogen-bond donors (Lipinski definition) is 1. The molecule has 0 bridgehead atoms. The summed E-state index contributed by atoms with van der Waals surface area (Å²) in [6.07, 6.45) is 0.438. The van der Waals surface area contributed by atoms with E-state index in [-0.39, 0.29) is 17.0 Å². The standard InChI is InChI=1S/C28H24N4O5/c1-26(2,3)37-25(34)31-20-13-8-7-12-19(20)28(24(31)33)22(21-14-9-15-36-21)27(16-29,17-30)23(32(28)35)18-10-5-4-6-11-18/h4-15,22-23,35H,1-3H3/t22-,23-,28+/m1/s1. The molecule has 9 nitrogen and oxygen atoms in total. The van der Waals surface area contributed by atoms with E-state index in [1.807, 2.05) is 0 Å². The summed E-state index contributed by atoms with van der Waals surface area (Å²) in [5, 5.41) is 33.9. The van der Waals surface area contributed by atoms with Crippen LogP contribution in [0.2, 0.25) is 0 Å². The van der Waals surface area contributed by atoms with Gasteiger partial charge in [0.05, 0.1) is 36.0 Å². The Balaban J connectivity index is 1.84. The number of hydroxylamine groups is 2. The van der Waals surface area contributed by atoms with E-state index in [1.165, 1.54) is 6.26 Å². The zero-order chi connectivity index (χ0) is 26.6. The van der Waals surface area contributed by atoms with Gasteiger partial charge in [-0.05, 0) is 44.5 Å². The summed E-state index contributed by atoms with van der Waals surface area (Å²) in [6, 6.07) is 21.1. The van der Waals surface area contributed by atoms with E-state index >= 15 is 0 Å². The van der Waals surface area contributed by atoms with Crippen LogP contribution in [0.15, 0.2) is 77.4 Å². The van der Waals surface area contributed by atoms with E-state index in [2.05, 4.69) is 12.1 Å². The molecule has 2 aliphatic heterocycles. The highest BCUT2D eigenvalue weighted by Gasteiger charge is 2.77. The number of para-hydroxylation sites is 1. The van der Waals surface area contributed by atoms with Gasteiger partial charge in [0.15, 0.2) is 11.0 Å². The number of nitriles is 2. The quantitative estimate of drug-likeness (QED) is 0.523. The first kappa shape index (κ1) is 24.3. The van der Waals surface area contributed by atoms with Gasteiger partial charge in [0.2, 0.25) is 0 Å². The first-order chi connectivity index (χ1) is 17.6. The van der Waals surface area contributed by atoms with Gasteiger partial charge in [-0.15, -0.1) is 0 Å². The molecule has 3 aromatic rings. The lowest BCUT2D eigenvalue weighted by Gasteiger charge is -2.34. The highest BCUT2D eigenvalue weighted by molar-refractivity contribution is 6.21. The maximum Gasteiger partial charge on any atom is 0.421 e. The molecule has 0 aliphatic carbocycles. The number of benzene rings is 2. The molecule has 3 heterocycles. The molecule has 1 aromatic heterocycles. The first-order valence-electron chi connectivity index (χ1n) is 11.7. The van der Waals surface area contributed by atoms with Crippen molar-refractivity contribution >= 4 is 17.7 Å². The SMILES string of the molecule is CC(C)(C)OC(=O)N1C(=O)[C@]2(c3ccccc31)[C@H](c1ccco1)C(C#N)(C#N)[C@@H](c1ccccc1)N2O. The second-order valence-electron chi connectivity index (χ2n) is 10.1. The van der Waals surface area contributed by atoms with Crippen LogP contribution in [0.5, 0.6) is 0 Å². The topological polar surface area (TPSA) is 131 Å². The van der Waals surface area contributed by atoms with Crippen LogP contribution in [0.3, 0.4) is 0 Å². The molecule has 1 spiro atoms. The third-order valence-electron chi connectivity index (χ3n) is 6.88. The number of amides is 2. The fourth-order valence-electron chi connectivity index (χ4n) is 5.59. The second-order valence-corrected chi connectivity index (χ2v) is 10.1. The predicted molar refractivity (Wildman–Crippen MR) is 130 cm³/mol. The predicted octanol–water partition coefficient (Wildman–Crippen LogP) is 5.02. The number of ether oxygens (including phenoxy) is 1. The van der Waals surface area contributed by atoms with Crippen molar-refractivity contribution in [3.05, 3.63) is 89.9 Å². The highest BCUT2D eigenvalue weighted by Crippen LogP contribution is 2.68. The van der Waals surface area contributed by atoms with E-state index in [9.17, 15) is 25.3 Å². The van der Waals surface area contributed by atoms with Gasteiger partial charge in [0, 0.05) is 5.56 Å². The molecule has 0 saturated carbocycles. The van der Waals surface area contributed by atoms with Crippen molar-refractivity contribution in [1.82, 2.24) is 5.06 Å². The Kier molecular flexibility index (Phi) is 5.45. The van der Waals surface area contributed by atoms with Gasteiger partial charge in [0.25, 0.3) is 5.91 Å². The summed E-state index contributed by atoms with van der Waals surface area (Å²) in [5.41, 5.74) is -4.05. The van der Waals surface area contributed by atoms with Crippen molar-refractivity contribution in [1.29, 1.82) is 10.5 Å². The summed E-state index contributed by atoms with van der Waals surface area (Å²) >= 11 is 0. The molecule has 0 unspecified atom stereocenters. The number of carbonyl (C=O) groups excluding carboxylic acids is 2. The Bertz CT molecular complexity index is 1430. The third-order valence-corrected chi connectivity index (χ3v) is 6.88. The minimum atomic E-state index is -2.04. The summed E-state index contributed by atoms with van der Waals surface area (Å²) in [5.74, 6) is -2.00. The van der Waals surface area contributed by atoms with Gasteiger partial charge < -0.3 is 14.4 Å². The monoisotopic (exact) mass is 496 g/mol. The van der Waals surface area contributed by atoms with Crippen LogP contribution in [-0.4, -0.2) is 27.9 Å². The fourth-order valence-corrected chi connectivity index (χ4v) is 5.59. The zero-order valence-corrected chi connectivity index (χ0v) is 20.5. The number of rotatable bonds is 2. The lowest BCUT2D eigenvalue weighted by atomic mass is 9.65. The minimum absolute atomic E-state index is 0.148. The molecule has 0 radical (unpaired) electrons. The summed E-state index contributed by atoms with van der Waals surface area (Å²) in [6.45, 7) is 5.03.